The zero-order valence-corrected chi connectivity index (χ0v) is 6.57. The van der Waals surface area contributed by atoms with Gasteiger partial charge in [0.25, 0.3) is 0 Å². The van der Waals surface area contributed by atoms with Crippen molar-refractivity contribution >= 4 is 6.16 Å². The molecule has 2 N–H and O–H groups in total. The summed E-state index contributed by atoms with van der Waals surface area (Å²) in [6.45, 7) is 0. The van der Waals surface area contributed by atoms with Crippen LogP contribution in [0.15, 0.2) is 27.7 Å². The first kappa shape index (κ1) is 10.5. The van der Waals surface area contributed by atoms with E-state index in [1.165, 1.54) is 0 Å². The van der Waals surface area contributed by atoms with E-state index in [2.05, 4.69) is 27.8 Å². The van der Waals surface area contributed by atoms with Gasteiger partial charge in [-0.15, -0.1) is 0 Å². The van der Waals surface area contributed by atoms with Gasteiger partial charge < -0.3 is 5.48 Å². The summed E-state index contributed by atoms with van der Waals surface area (Å²) in [6.07, 6.45) is -1.41. The summed E-state index contributed by atoms with van der Waals surface area (Å²) in [4.78, 5) is 38.6. The summed E-state index contributed by atoms with van der Waals surface area (Å²) in [5.41, 5.74) is 0. The van der Waals surface area contributed by atoms with Gasteiger partial charge in [0.2, 0.25) is 0 Å². The quantitative estimate of drug-likeness (QED) is 0.526. The minimum atomic E-state index is -1.41. The molecule has 0 radical (unpaired) electrons. The fourth-order valence-corrected chi connectivity index (χ4v) is 0.470. The highest BCUT2D eigenvalue weighted by molar-refractivity contribution is 5.59. The van der Waals surface area contributed by atoms with Crippen molar-refractivity contribution < 1.29 is 38.0 Å². The molecule has 12 heteroatoms. The van der Waals surface area contributed by atoms with Gasteiger partial charge in [-0.3, -0.25) is 0 Å². The Labute approximate surface area is 76.8 Å². The van der Waals surface area contributed by atoms with E-state index in [-0.39, 0.29) is 15.6 Å². The van der Waals surface area contributed by atoms with E-state index in [0.717, 1.165) is 0 Å². The predicted octanol–water partition coefficient (Wildman–Crippen LogP) is -2.77. The fourth-order valence-electron chi connectivity index (χ4n) is 0.470. The monoisotopic (exact) mass is 226 g/mol. The minimum absolute atomic E-state index is 0. The first-order valence-corrected chi connectivity index (χ1v) is 2.93. The predicted molar refractivity (Wildman–Crippen MR) is 32.6 cm³/mol. The Morgan fingerprint density at radius 1 is 0.933 bits per heavy atom. The first-order valence-electron chi connectivity index (χ1n) is 2.93. The zero-order chi connectivity index (χ0) is 10.1. The molecule has 15 heavy (non-hydrogen) atoms. The molecule has 0 atom stereocenters. The fraction of sp³-hybridized carbons (Fsp3) is 0. The molecule has 0 aliphatic heterocycles. The number of hydrogen-bond acceptors (Lipinski definition) is 9. The van der Waals surface area contributed by atoms with E-state index in [4.69, 9.17) is 0 Å². The first-order chi connectivity index (χ1) is 6.63. The van der Waals surface area contributed by atoms with Gasteiger partial charge in [0.15, 0.2) is 10.2 Å². The summed E-state index contributed by atoms with van der Waals surface area (Å²) < 4.78 is 15.8. The lowest BCUT2D eigenvalue weighted by Crippen LogP contribution is -2.35. The second-order valence-corrected chi connectivity index (χ2v) is 1.74. The van der Waals surface area contributed by atoms with Crippen LogP contribution in [0.5, 0.6) is 0 Å². The average Bonchev–Trinajstić information content (AvgIpc) is 1.98. The third-order valence-electron chi connectivity index (χ3n) is 0.894. The van der Waals surface area contributed by atoms with Crippen molar-refractivity contribution in [1.29, 1.82) is 0 Å². The van der Waals surface area contributed by atoms with Gasteiger partial charge in [-0.25, -0.2) is 27.8 Å². The Balaban J connectivity index is 0.00000112. The average molecular weight is 226 g/mol. The molecule has 0 aliphatic rings. The van der Waals surface area contributed by atoms with Crippen molar-refractivity contribution in [3.8, 4) is 0 Å². The van der Waals surface area contributed by atoms with E-state index in [9.17, 15) is 14.4 Å². The summed E-state index contributed by atoms with van der Waals surface area (Å²) in [7, 11) is 0. The Kier molecular flexibility index (Phi) is 2.52. The number of aromatic nitrogens is 2. The van der Waals surface area contributed by atoms with Crippen molar-refractivity contribution in [3.63, 3.8) is 0 Å². The van der Waals surface area contributed by atoms with Crippen LogP contribution in [0.3, 0.4) is 0 Å². The van der Waals surface area contributed by atoms with E-state index in [1.54, 1.807) is 0 Å². The molecule has 0 aromatic carbocycles. The SMILES string of the molecule is O.O=C(On1oc(=O)o1)On1oc(=O)o1. The molecule has 2 aromatic rings. The van der Waals surface area contributed by atoms with Crippen LogP contribution in [0, 0.1) is 0 Å². The summed E-state index contributed by atoms with van der Waals surface area (Å²) in [6, 6.07) is 0. The molecule has 0 fully saturated rings. The molecule has 2 rings (SSSR count). The number of rotatable bonds is 2. The zero-order valence-electron chi connectivity index (χ0n) is 6.57. The smallest absolute Gasteiger partial charge is 0.412 e. The van der Waals surface area contributed by atoms with Crippen LogP contribution in [0.25, 0.3) is 0 Å². The highest BCUT2D eigenvalue weighted by Crippen LogP contribution is 1.83. The number of nitrogens with zero attached hydrogens (tertiary/aromatic N) is 2. The van der Waals surface area contributed by atoms with Gasteiger partial charge >= 0.3 is 17.8 Å². The van der Waals surface area contributed by atoms with Crippen molar-refractivity contribution in [2.24, 2.45) is 0 Å². The molecule has 84 valence electrons. The molecule has 0 saturated heterocycles. The van der Waals surface area contributed by atoms with Gasteiger partial charge in [-0.1, -0.05) is 0 Å². The molecular formula is C3H2N2O10. The molecule has 0 bridgehead atoms. The second kappa shape index (κ2) is 3.62. The van der Waals surface area contributed by atoms with Gasteiger partial charge in [-0.2, -0.15) is 14.4 Å². The van der Waals surface area contributed by atoms with E-state index < -0.39 is 17.8 Å². The molecule has 2 heterocycles. The normalized spacial score (nSPS) is 9.60. The number of carbonyl (C=O) groups excluding carboxylic acids is 1. The molecule has 0 unspecified atom stereocenters. The van der Waals surface area contributed by atoms with Crippen LogP contribution in [0.4, 0.5) is 4.79 Å². The lowest BCUT2D eigenvalue weighted by Gasteiger charge is -2.02. The van der Waals surface area contributed by atoms with Gasteiger partial charge in [-0.05, 0) is 0 Å². The molecule has 0 spiro atoms. The van der Waals surface area contributed by atoms with E-state index >= 15 is 0 Å². The lowest BCUT2D eigenvalue weighted by molar-refractivity contribution is -0.252. The van der Waals surface area contributed by atoms with Gasteiger partial charge in [0.1, 0.15) is 0 Å². The Hall–Kier alpha value is -2.63. The topological polar surface area (TPSA) is 164 Å². The van der Waals surface area contributed by atoms with Crippen molar-refractivity contribution in [3.05, 3.63) is 21.2 Å². The molecule has 12 nitrogen and oxygen atoms in total. The minimum Gasteiger partial charge on any atom is -0.412 e. The molecule has 0 amide bonds. The summed E-state index contributed by atoms with van der Waals surface area (Å²) in [5, 5.41) is 0.151. The molecule has 2 aromatic heterocycles. The molecular weight excluding hydrogens is 224 g/mol. The largest absolute Gasteiger partial charge is 0.568 e. The van der Waals surface area contributed by atoms with Crippen LogP contribution < -0.4 is 21.3 Å². The summed E-state index contributed by atoms with van der Waals surface area (Å²) >= 11 is 0. The van der Waals surface area contributed by atoms with E-state index in [0.29, 0.717) is 0 Å². The summed E-state index contributed by atoms with van der Waals surface area (Å²) in [5.74, 6) is -2.10. The highest BCUT2D eigenvalue weighted by Gasteiger charge is 2.16. The van der Waals surface area contributed by atoms with Crippen LogP contribution in [0.2, 0.25) is 0 Å². The highest BCUT2D eigenvalue weighted by atomic mass is 17.1. The van der Waals surface area contributed by atoms with Crippen LogP contribution in [0.1, 0.15) is 0 Å². The van der Waals surface area contributed by atoms with E-state index in [1.807, 2.05) is 0 Å². The van der Waals surface area contributed by atoms with Crippen LogP contribution in [-0.4, -0.2) is 21.8 Å². The molecule has 0 aliphatic carbocycles. The van der Waals surface area contributed by atoms with Crippen LogP contribution in [-0.2, 0) is 0 Å². The van der Waals surface area contributed by atoms with Crippen molar-refractivity contribution in [1.82, 2.24) is 10.2 Å². The lowest BCUT2D eigenvalue weighted by atomic mass is 11.4. The molecule has 0 saturated carbocycles. The third kappa shape index (κ3) is 2.19. The number of hydrogen-bond donors (Lipinski definition) is 0. The van der Waals surface area contributed by atoms with Gasteiger partial charge in [0.05, 0.1) is 0 Å². The third-order valence-corrected chi connectivity index (χ3v) is 0.894. The van der Waals surface area contributed by atoms with Crippen LogP contribution >= 0.6 is 0 Å². The maximum Gasteiger partial charge on any atom is 0.568 e. The van der Waals surface area contributed by atoms with Crippen molar-refractivity contribution in [2.45, 2.75) is 0 Å². The Morgan fingerprint density at radius 3 is 1.53 bits per heavy atom. The van der Waals surface area contributed by atoms with Gasteiger partial charge in [0, 0.05) is 0 Å². The maximum atomic E-state index is 10.6. The second-order valence-electron chi connectivity index (χ2n) is 1.74. The van der Waals surface area contributed by atoms with Crippen molar-refractivity contribution in [2.75, 3.05) is 0 Å². The number of carbonyl (C=O) groups is 1. The maximum absolute atomic E-state index is 10.6. The standard InChI is InChI=1S/C3N2O9.H2O/c6-1-9-4(10-1)13-3(8)14-5-11-2(7)12-5;/h;1H2. The Morgan fingerprint density at radius 2 is 1.27 bits per heavy atom. The Bertz CT molecular complexity index is 449.